The third-order valence-electron chi connectivity index (χ3n) is 7.60. The predicted molar refractivity (Wildman–Crippen MR) is 187 cm³/mol. The monoisotopic (exact) mass is 617 g/mol. The minimum atomic E-state index is -0.783. The van der Waals surface area contributed by atoms with Gasteiger partial charge in [0.05, 0.1) is 6.61 Å². The zero-order valence-electron chi connectivity index (χ0n) is 28.7. The van der Waals surface area contributed by atoms with Crippen LogP contribution in [-0.2, 0) is 19.1 Å². The molecular weight excluding hydrogens is 548 g/mol. The van der Waals surface area contributed by atoms with Crippen molar-refractivity contribution in [2.45, 2.75) is 174 Å². The second-order valence-electron chi connectivity index (χ2n) is 11.9. The van der Waals surface area contributed by atoms with Crippen LogP contribution in [0.25, 0.3) is 0 Å². The molecule has 0 bridgehead atoms. The Labute approximate surface area is 271 Å². The van der Waals surface area contributed by atoms with Crippen molar-refractivity contribution in [3.63, 3.8) is 0 Å². The molecule has 0 aliphatic rings. The Morgan fingerprint density at radius 3 is 1.34 bits per heavy atom. The smallest absolute Gasteiger partial charge is 0.306 e. The van der Waals surface area contributed by atoms with E-state index in [0.717, 1.165) is 70.6 Å². The summed E-state index contributed by atoms with van der Waals surface area (Å²) in [4.78, 5) is 24.2. The Hall–Kier alpha value is -2.14. The van der Waals surface area contributed by atoms with E-state index in [1.807, 2.05) is 0 Å². The highest BCUT2D eigenvalue weighted by Crippen LogP contribution is 2.11. The Balaban J connectivity index is 3.64. The van der Waals surface area contributed by atoms with Gasteiger partial charge < -0.3 is 14.6 Å². The van der Waals surface area contributed by atoms with Gasteiger partial charge in [-0.1, -0.05) is 127 Å². The lowest BCUT2D eigenvalue weighted by atomic mass is 10.1. The van der Waals surface area contributed by atoms with Gasteiger partial charge in [0.2, 0.25) is 0 Å². The van der Waals surface area contributed by atoms with Gasteiger partial charge in [0.25, 0.3) is 0 Å². The van der Waals surface area contributed by atoms with Gasteiger partial charge >= 0.3 is 11.9 Å². The molecule has 5 nitrogen and oxygen atoms in total. The average Bonchev–Trinajstić information content (AvgIpc) is 3.02. The predicted octanol–water partition coefficient (Wildman–Crippen LogP) is 11.1. The summed E-state index contributed by atoms with van der Waals surface area (Å²) in [5.74, 6) is -0.626. The van der Waals surface area contributed by atoms with Crippen LogP contribution in [0.1, 0.15) is 168 Å². The van der Waals surface area contributed by atoms with Gasteiger partial charge in [-0.05, 0) is 77.0 Å². The van der Waals surface area contributed by atoms with Crippen LogP contribution in [0, 0.1) is 0 Å². The number of aliphatic hydroxyl groups excluding tert-OH is 1. The summed E-state index contributed by atoms with van der Waals surface area (Å²) < 4.78 is 10.6. The first-order valence-corrected chi connectivity index (χ1v) is 18.2. The van der Waals surface area contributed by atoms with Crippen LogP contribution in [-0.4, -0.2) is 36.4 Å². The van der Waals surface area contributed by atoms with Crippen LogP contribution >= 0.6 is 0 Å². The van der Waals surface area contributed by atoms with E-state index in [-0.39, 0.29) is 25.2 Å². The lowest BCUT2D eigenvalue weighted by Crippen LogP contribution is -2.28. The molecule has 0 spiro atoms. The third-order valence-corrected chi connectivity index (χ3v) is 7.60. The summed E-state index contributed by atoms with van der Waals surface area (Å²) in [6, 6.07) is 0. The topological polar surface area (TPSA) is 72.8 Å². The molecule has 5 heteroatoms. The fourth-order valence-corrected chi connectivity index (χ4v) is 4.79. The second-order valence-corrected chi connectivity index (χ2v) is 11.9. The number of hydrogen-bond donors (Lipinski definition) is 1. The van der Waals surface area contributed by atoms with Gasteiger partial charge in [0.1, 0.15) is 6.61 Å². The first kappa shape index (κ1) is 41.9. The van der Waals surface area contributed by atoms with Crippen molar-refractivity contribution < 1.29 is 24.2 Å². The number of aliphatic hydroxyl groups is 1. The molecule has 0 heterocycles. The normalized spacial score (nSPS) is 12.7. The molecule has 0 aliphatic heterocycles. The molecule has 0 rings (SSSR count). The van der Waals surface area contributed by atoms with Crippen molar-refractivity contribution in [3.8, 4) is 0 Å². The van der Waals surface area contributed by atoms with Crippen molar-refractivity contribution in [1.82, 2.24) is 0 Å². The zero-order valence-corrected chi connectivity index (χ0v) is 28.7. The molecule has 44 heavy (non-hydrogen) atoms. The lowest BCUT2D eigenvalue weighted by molar-refractivity contribution is -0.161. The molecule has 254 valence electrons. The molecule has 0 saturated heterocycles. The molecule has 0 amide bonds. The number of rotatable bonds is 32. The van der Waals surface area contributed by atoms with Crippen molar-refractivity contribution >= 4 is 11.9 Å². The maximum absolute atomic E-state index is 12.1. The molecule has 0 fully saturated rings. The van der Waals surface area contributed by atoms with Gasteiger partial charge in [0, 0.05) is 12.8 Å². The van der Waals surface area contributed by atoms with E-state index >= 15 is 0 Å². The number of carbonyl (C=O) groups excluding carboxylic acids is 2. The highest BCUT2D eigenvalue weighted by Gasteiger charge is 2.16. The maximum Gasteiger partial charge on any atom is 0.306 e. The summed E-state index contributed by atoms with van der Waals surface area (Å²) in [6.07, 6.45) is 43.0. The molecular formula is C39H68O5. The maximum atomic E-state index is 12.1. The molecule has 1 atom stereocenters. The Morgan fingerprint density at radius 2 is 0.909 bits per heavy atom. The van der Waals surface area contributed by atoms with Gasteiger partial charge in [-0.15, -0.1) is 0 Å². The minimum Gasteiger partial charge on any atom is -0.462 e. The van der Waals surface area contributed by atoms with E-state index in [1.165, 1.54) is 70.6 Å². The Bertz CT molecular complexity index is 752. The molecule has 0 saturated carbocycles. The third kappa shape index (κ3) is 32.8. The first-order chi connectivity index (χ1) is 21.6. The van der Waals surface area contributed by atoms with Crippen molar-refractivity contribution in [2.24, 2.45) is 0 Å². The summed E-state index contributed by atoms with van der Waals surface area (Å²) in [5.41, 5.74) is 0. The van der Waals surface area contributed by atoms with E-state index in [1.54, 1.807) is 0 Å². The lowest BCUT2D eigenvalue weighted by Gasteiger charge is -2.15. The van der Waals surface area contributed by atoms with E-state index in [9.17, 15) is 14.7 Å². The van der Waals surface area contributed by atoms with E-state index in [2.05, 4.69) is 62.5 Å². The number of allylic oxidation sites excluding steroid dienone is 8. The second kappa shape index (κ2) is 35.3. The standard InChI is InChI=1S/C39H68O5/c1-3-5-7-9-11-13-15-17-19-21-23-25-27-29-31-33-38(41)43-36-37(35-40)44-39(42)34-32-30-28-26-24-22-20-18-16-14-12-10-8-6-4-2/h11-14,17-20,37,40H,3-10,15-16,21-36H2,1-2H3/b13-11-,14-12-,19-17+,20-18-. The van der Waals surface area contributed by atoms with E-state index < -0.39 is 6.10 Å². The molecule has 0 aromatic rings. The summed E-state index contributed by atoms with van der Waals surface area (Å²) in [6.45, 7) is 4.04. The molecule has 0 aromatic carbocycles. The highest BCUT2D eigenvalue weighted by molar-refractivity contribution is 5.70. The number of hydrogen-bond acceptors (Lipinski definition) is 5. The highest BCUT2D eigenvalue weighted by atomic mass is 16.6. The van der Waals surface area contributed by atoms with Crippen molar-refractivity contribution in [3.05, 3.63) is 48.6 Å². The molecule has 1 unspecified atom stereocenters. The summed E-state index contributed by atoms with van der Waals surface area (Å²) >= 11 is 0. The largest absolute Gasteiger partial charge is 0.462 e. The summed E-state index contributed by atoms with van der Waals surface area (Å²) in [7, 11) is 0. The van der Waals surface area contributed by atoms with Gasteiger partial charge in [-0.2, -0.15) is 0 Å². The number of esters is 2. The first-order valence-electron chi connectivity index (χ1n) is 18.2. The van der Waals surface area contributed by atoms with Crippen LogP contribution in [0.15, 0.2) is 48.6 Å². The van der Waals surface area contributed by atoms with E-state index in [0.29, 0.717) is 12.8 Å². The van der Waals surface area contributed by atoms with E-state index in [4.69, 9.17) is 9.47 Å². The van der Waals surface area contributed by atoms with Gasteiger partial charge in [-0.25, -0.2) is 0 Å². The van der Waals surface area contributed by atoms with Gasteiger partial charge in [-0.3, -0.25) is 9.59 Å². The fraction of sp³-hybridized carbons (Fsp3) is 0.744. The fourth-order valence-electron chi connectivity index (χ4n) is 4.79. The van der Waals surface area contributed by atoms with Crippen LogP contribution in [0.2, 0.25) is 0 Å². The number of unbranched alkanes of at least 4 members (excludes halogenated alkanes) is 16. The minimum absolute atomic E-state index is 0.0799. The molecule has 1 N–H and O–H groups in total. The molecule has 0 aliphatic carbocycles. The molecule has 0 radical (unpaired) electrons. The van der Waals surface area contributed by atoms with Crippen LogP contribution < -0.4 is 0 Å². The SMILES string of the molecule is CCCCC/C=C\C/C=C\CCCCCCCC(=O)OC(CO)COC(=O)CCCCCCC/C=C/C/C=C\CCCCC. The Kier molecular flexibility index (Phi) is 33.6. The van der Waals surface area contributed by atoms with Crippen LogP contribution in [0.5, 0.6) is 0 Å². The quantitative estimate of drug-likeness (QED) is 0.0462. The Morgan fingerprint density at radius 1 is 0.523 bits per heavy atom. The van der Waals surface area contributed by atoms with Crippen LogP contribution in [0.4, 0.5) is 0 Å². The van der Waals surface area contributed by atoms with Gasteiger partial charge in [0.15, 0.2) is 6.10 Å². The average molecular weight is 617 g/mol. The number of ether oxygens (including phenoxy) is 2. The van der Waals surface area contributed by atoms with Crippen molar-refractivity contribution in [1.29, 1.82) is 0 Å². The van der Waals surface area contributed by atoms with Crippen LogP contribution in [0.3, 0.4) is 0 Å². The zero-order chi connectivity index (χ0) is 32.2. The number of carbonyl (C=O) groups is 2. The molecule has 0 aromatic heterocycles. The summed E-state index contributed by atoms with van der Waals surface area (Å²) in [5, 5.41) is 9.52. The van der Waals surface area contributed by atoms with Crippen molar-refractivity contribution in [2.75, 3.05) is 13.2 Å².